The summed E-state index contributed by atoms with van der Waals surface area (Å²) >= 11 is 0. The first kappa shape index (κ1) is 18.2. The van der Waals surface area contributed by atoms with Gasteiger partial charge in [-0.3, -0.25) is 9.59 Å². The van der Waals surface area contributed by atoms with Crippen molar-refractivity contribution in [1.29, 1.82) is 0 Å². The van der Waals surface area contributed by atoms with Gasteiger partial charge in [0.15, 0.2) is 6.10 Å². The van der Waals surface area contributed by atoms with E-state index in [-0.39, 0.29) is 5.91 Å². The Bertz CT molecular complexity index is 732. The first-order chi connectivity index (χ1) is 12.0. The number of carbonyl (C=O) groups is 3. The zero-order chi connectivity index (χ0) is 18.2. The Morgan fingerprint density at radius 1 is 0.880 bits per heavy atom. The molecule has 0 unspecified atom stereocenters. The minimum absolute atomic E-state index is 0.383. The van der Waals surface area contributed by atoms with Crippen LogP contribution in [0.3, 0.4) is 0 Å². The number of carbonyl (C=O) groups excluding carboxylic acids is 3. The second kappa shape index (κ2) is 8.63. The van der Waals surface area contributed by atoms with Crippen molar-refractivity contribution in [3.05, 3.63) is 66.2 Å². The molecule has 0 bridgehead atoms. The van der Waals surface area contributed by atoms with Crippen LogP contribution in [0.2, 0.25) is 0 Å². The molecule has 0 radical (unpaired) electrons. The molecule has 0 aromatic heterocycles. The Morgan fingerprint density at radius 3 is 2.04 bits per heavy atom. The van der Waals surface area contributed by atoms with Gasteiger partial charge in [-0.15, -0.1) is 0 Å². The van der Waals surface area contributed by atoms with Crippen molar-refractivity contribution >= 4 is 23.5 Å². The molecule has 0 heterocycles. The van der Waals surface area contributed by atoms with E-state index in [1.54, 1.807) is 54.6 Å². The third-order valence-corrected chi connectivity index (χ3v) is 3.44. The van der Waals surface area contributed by atoms with E-state index in [4.69, 9.17) is 4.74 Å². The summed E-state index contributed by atoms with van der Waals surface area (Å²) in [6.45, 7) is 2.98. The van der Waals surface area contributed by atoms with Gasteiger partial charge < -0.3 is 15.4 Å². The topological polar surface area (TPSA) is 84.5 Å². The molecular formula is C19H20N2O4. The van der Waals surface area contributed by atoms with Crippen LogP contribution in [0.5, 0.6) is 0 Å². The predicted octanol–water partition coefficient (Wildman–Crippen LogP) is 2.38. The number of benzene rings is 2. The number of nitrogens with one attached hydrogen (secondary N) is 2. The second-order valence-corrected chi connectivity index (χ2v) is 5.50. The van der Waals surface area contributed by atoms with Crippen LogP contribution in [0.4, 0.5) is 5.69 Å². The van der Waals surface area contributed by atoms with Crippen molar-refractivity contribution in [2.75, 3.05) is 5.32 Å². The third kappa shape index (κ3) is 5.46. The van der Waals surface area contributed by atoms with Gasteiger partial charge >= 0.3 is 5.97 Å². The van der Waals surface area contributed by atoms with Crippen LogP contribution in [0, 0.1) is 0 Å². The molecule has 0 aliphatic rings. The lowest BCUT2D eigenvalue weighted by molar-refractivity contribution is -0.154. The van der Waals surface area contributed by atoms with Crippen LogP contribution in [-0.4, -0.2) is 29.9 Å². The van der Waals surface area contributed by atoms with E-state index in [1.165, 1.54) is 13.8 Å². The number of amides is 2. The fraction of sp³-hybridized carbons (Fsp3) is 0.211. The molecule has 0 saturated heterocycles. The van der Waals surface area contributed by atoms with Gasteiger partial charge in [0.05, 0.1) is 0 Å². The van der Waals surface area contributed by atoms with Crippen LogP contribution >= 0.6 is 0 Å². The van der Waals surface area contributed by atoms with Crippen LogP contribution in [0.25, 0.3) is 0 Å². The molecule has 2 atom stereocenters. The van der Waals surface area contributed by atoms with E-state index >= 15 is 0 Å². The molecule has 130 valence electrons. The van der Waals surface area contributed by atoms with Gasteiger partial charge in [0.1, 0.15) is 6.04 Å². The molecule has 0 saturated carbocycles. The molecule has 2 aromatic carbocycles. The quantitative estimate of drug-likeness (QED) is 0.791. The number of rotatable bonds is 6. The number of hydrogen-bond acceptors (Lipinski definition) is 4. The average molecular weight is 340 g/mol. The summed E-state index contributed by atoms with van der Waals surface area (Å²) in [4.78, 5) is 36.1. The summed E-state index contributed by atoms with van der Waals surface area (Å²) in [6, 6.07) is 16.5. The van der Waals surface area contributed by atoms with E-state index in [9.17, 15) is 14.4 Å². The highest BCUT2D eigenvalue weighted by Crippen LogP contribution is 2.07. The second-order valence-electron chi connectivity index (χ2n) is 5.50. The fourth-order valence-corrected chi connectivity index (χ4v) is 2.02. The first-order valence-corrected chi connectivity index (χ1v) is 7.89. The monoisotopic (exact) mass is 340 g/mol. The number of esters is 1. The summed E-state index contributed by atoms with van der Waals surface area (Å²) < 4.78 is 5.12. The lowest BCUT2D eigenvalue weighted by atomic mass is 10.2. The molecule has 0 aliphatic carbocycles. The number of hydrogen-bond donors (Lipinski definition) is 2. The summed E-state index contributed by atoms with van der Waals surface area (Å²) in [6.07, 6.45) is -0.983. The summed E-state index contributed by atoms with van der Waals surface area (Å²) in [5, 5.41) is 5.19. The van der Waals surface area contributed by atoms with Crippen LogP contribution in [0.1, 0.15) is 24.2 Å². The van der Waals surface area contributed by atoms with Gasteiger partial charge in [0.2, 0.25) is 0 Å². The molecule has 25 heavy (non-hydrogen) atoms. The lowest BCUT2D eigenvalue weighted by Gasteiger charge is -2.17. The van der Waals surface area contributed by atoms with Crippen molar-refractivity contribution in [1.82, 2.24) is 5.32 Å². The molecule has 0 fully saturated rings. The Morgan fingerprint density at radius 2 is 1.44 bits per heavy atom. The van der Waals surface area contributed by atoms with E-state index < -0.39 is 24.0 Å². The van der Waals surface area contributed by atoms with E-state index in [1.807, 2.05) is 6.07 Å². The molecule has 2 rings (SSSR count). The third-order valence-electron chi connectivity index (χ3n) is 3.44. The van der Waals surface area contributed by atoms with Crippen molar-refractivity contribution in [2.24, 2.45) is 0 Å². The minimum atomic E-state index is -0.983. The molecule has 2 N–H and O–H groups in total. The molecule has 2 aromatic rings. The normalized spacial score (nSPS) is 12.6. The van der Waals surface area contributed by atoms with Gasteiger partial charge in [-0.1, -0.05) is 36.4 Å². The van der Waals surface area contributed by atoms with Crippen molar-refractivity contribution < 1.29 is 19.1 Å². The van der Waals surface area contributed by atoms with Crippen molar-refractivity contribution in [3.63, 3.8) is 0 Å². The maximum absolute atomic E-state index is 12.1. The van der Waals surface area contributed by atoms with Crippen LogP contribution in [-0.2, 0) is 14.3 Å². The maximum Gasteiger partial charge on any atom is 0.329 e. The Labute approximate surface area is 146 Å². The summed E-state index contributed by atoms with van der Waals surface area (Å²) in [5.41, 5.74) is 1.05. The Balaban J connectivity index is 1.85. The number of para-hydroxylation sites is 1. The summed E-state index contributed by atoms with van der Waals surface area (Å²) in [5.74, 6) is -1.51. The average Bonchev–Trinajstić information content (AvgIpc) is 2.63. The van der Waals surface area contributed by atoms with E-state index in [0.29, 0.717) is 11.3 Å². The lowest BCUT2D eigenvalue weighted by Crippen LogP contribution is -2.42. The number of ether oxygens (including phenoxy) is 1. The molecule has 6 heteroatoms. The van der Waals surface area contributed by atoms with Crippen LogP contribution < -0.4 is 10.6 Å². The smallest absolute Gasteiger partial charge is 0.329 e. The largest absolute Gasteiger partial charge is 0.451 e. The van der Waals surface area contributed by atoms with E-state index in [0.717, 1.165) is 0 Å². The maximum atomic E-state index is 12.1. The first-order valence-electron chi connectivity index (χ1n) is 7.89. The highest BCUT2D eigenvalue weighted by molar-refractivity contribution is 5.98. The molecule has 0 aliphatic heterocycles. The predicted molar refractivity (Wildman–Crippen MR) is 94.0 cm³/mol. The van der Waals surface area contributed by atoms with E-state index in [2.05, 4.69) is 10.6 Å². The molecular weight excluding hydrogens is 320 g/mol. The van der Waals surface area contributed by atoms with Gasteiger partial charge in [-0.05, 0) is 38.1 Å². The van der Waals surface area contributed by atoms with Gasteiger partial charge in [0.25, 0.3) is 11.8 Å². The van der Waals surface area contributed by atoms with Crippen molar-refractivity contribution in [3.8, 4) is 0 Å². The molecule has 0 spiro atoms. The SMILES string of the molecule is C[C@H](NC(=O)c1ccccc1)C(=O)O[C@@H](C)C(=O)Nc1ccccc1. The molecule has 6 nitrogen and oxygen atoms in total. The number of anilines is 1. The fourth-order valence-electron chi connectivity index (χ4n) is 2.02. The zero-order valence-corrected chi connectivity index (χ0v) is 14.1. The minimum Gasteiger partial charge on any atom is -0.451 e. The van der Waals surface area contributed by atoms with Gasteiger partial charge in [-0.25, -0.2) is 4.79 Å². The Kier molecular flexibility index (Phi) is 6.28. The highest BCUT2D eigenvalue weighted by Gasteiger charge is 2.23. The molecule has 2 amide bonds. The van der Waals surface area contributed by atoms with Gasteiger partial charge in [-0.2, -0.15) is 0 Å². The van der Waals surface area contributed by atoms with Crippen LogP contribution in [0.15, 0.2) is 60.7 Å². The highest BCUT2D eigenvalue weighted by atomic mass is 16.5. The zero-order valence-electron chi connectivity index (χ0n) is 14.1. The van der Waals surface area contributed by atoms with Crippen molar-refractivity contribution in [2.45, 2.75) is 26.0 Å². The van der Waals surface area contributed by atoms with Gasteiger partial charge in [0, 0.05) is 11.3 Å². The standard InChI is InChI=1S/C19H20N2O4/c1-13(20-18(23)15-9-5-3-6-10-15)19(24)25-14(2)17(22)21-16-11-7-4-8-12-16/h3-14H,1-2H3,(H,20,23)(H,21,22)/t13-,14-/m0/s1. The Hall–Kier alpha value is -3.15. The summed E-state index contributed by atoms with van der Waals surface area (Å²) in [7, 11) is 0.